The molecule has 1 fully saturated rings. The number of hydrogen-bond donors (Lipinski definition) is 1. The van der Waals surface area contributed by atoms with Crippen molar-refractivity contribution >= 4 is 5.87 Å². The number of rotatable bonds is 3. The Labute approximate surface area is 119 Å². The Morgan fingerprint density at radius 3 is 2.20 bits per heavy atom. The van der Waals surface area contributed by atoms with Crippen LogP contribution in [0.5, 0.6) is 0 Å². The molecule has 2 aromatic carbocycles. The van der Waals surface area contributed by atoms with E-state index in [2.05, 4.69) is 66.2 Å². The van der Waals surface area contributed by atoms with Gasteiger partial charge in [0.1, 0.15) is 0 Å². The van der Waals surface area contributed by atoms with Gasteiger partial charge in [-0.05, 0) is 23.9 Å². The Kier molecular flexibility index (Phi) is 3.41. The molecule has 0 radical (unpaired) electrons. The molecule has 100 valence electrons. The van der Waals surface area contributed by atoms with Gasteiger partial charge in [0.05, 0.1) is 11.6 Å². The van der Waals surface area contributed by atoms with Gasteiger partial charge < -0.3 is 4.90 Å². The van der Waals surface area contributed by atoms with E-state index in [9.17, 15) is 0 Å². The number of nitrogens with one attached hydrogen (secondary N) is 1. The Morgan fingerprint density at radius 1 is 1.00 bits per heavy atom. The van der Waals surface area contributed by atoms with Crippen LogP contribution in [-0.4, -0.2) is 16.8 Å². The van der Waals surface area contributed by atoms with Crippen molar-refractivity contribution < 1.29 is 0 Å². The van der Waals surface area contributed by atoms with Crippen LogP contribution in [-0.2, 0) is 6.54 Å². The largest absolute Gasteiger partial charge is 0.359 e. The third-order valence-electron chi connectivity index (χ3n) is 4.06. The average molecular weight is 262 g/mol. The molecule has 0 bridgehead atoms. The minimum Gasteiger partial charge on any atom is -0.359 e. The molecule has 2 nitrogen and oxygen atoms in total. The first-order valence-electron chi connectivity index (χ1n) is 6.96. The van der Waals surface area contributed by atoms with E-state index in [1.807, 2.05) is 12.1 Å². The quantitative estimate of drug-likeness (QED) is 0.837. The number of hydrogen-bond acceptors (Lipinski definition) is 2. The normalized spacial score (nSPS) is 21.2. The molecule has 1 aliphatic rings. The Morgan fingerprint density at radius 2 is 1.60 bits per heavy atom. The van der Waals surface area contributed by atoms with Crippen molar-refractivity contribution in [3.63, 3.8) is 0 Å². The minimum absolute atomic E-state index is 0.303. The van der Waals surface area contributed by atoms with Gasteiger partial charge in [-0.3, -0.25) is 5.41 Å². The lowest BCUT2D eigenvalue weighted by Gasteiger charge is -2.49. The third kappa shape index (κ3) is 2.15. The van der Waals surface area contributed by atoms with E-state index < -0.39 is 0 Å². The zero-order valence-corrected chi connectivity index (χ0v) is 11.6. The molecule has 1 N–H and O–H groups in total. The monoisotopic (exact) mass is 262 g/mol. The number of benzene rings is 2. The first-order valence-corrected chi connectivity index (χ1v) is 6.96. The lowest BCUT2D eigenvalue weighted by Crippen LogP contribution is -2.50. The average Bonchev–Trinajstić information content (AvgIpc) is 2.51. The Bertz CT molecular complexity index is 627. The lowest BCUT2D eigenvalue weighted by atomic mass is 9.80. The second kappa shape index (κ2) is 5.36. The van der Waals surface area contributed by atoms with Crippen LogP contribution in [0.15, 0.2) is 66.4 Å². The summed E-state index contributed by atoms with van der Waals surface area (Å²) in [4.78, 5) is 2.26. The van der Waals surface area contributed by atoms with E-state index in [1.165, 1.54) is 11.1 Å². The van der Waals surface area contributed by atoms with E-state index in [-0.39, 0.29) is 0 Å². The van der Waals surface area contributed by atoms with Gasteiger partial charge in [0.2, 0.25) is 0 Å². The first-order chi connectivity index (χ1) is 9.81. The van der Waals surface area contributed by atoms with E-state index in [0.29, 0.717) is 12.0 Å². The summed E-state index contributed by atoms with van der Waals surface area (Å²) in [5.74, 6) is 2.95. The smallest absolute Gasteiger partial charge is 0.0856 e. The molecule has 2 heteroatoms. The van der Waals surface area contributed by atoms with Gasteiger partial charge in [0, 0.05) is 12.6 Å². The van der Waals surface area contributed by atoms with Crippen molar-refractivity contribution in [2.24, 2.45) is 0 Å². The van der Waals surface area contributed by atoms with Crippen molar-refractivity contribution in [2.75, 3.05) is 0 Å². The molecule has 0 amide bonds. The van der Waals surface area contributed by atoms with E-state index in [1.54, 1.807) is 0 Å². The van der Waals surface area contributed by atoms with Crippen LogP contribution in [0.3, 0.4) is 0 Å². The van der Waals surface area contributed by atoms with Crippen molar-refractivity contribution in [1.29, 1.82) is 5.41 Å². The number of likely N-dealkylation sites (tertiary alicyclic amines) is 1. The summed E-state index contributed by atoms with van der Waals surface area (Å²) >= 11 is 0. The predicted octanol–water partition coefficient (Wildman–Crippen LogP) is 3.81. The summed E-state index contributed by atoms with van der Waals surface area (Å²) in [6.07, 6.45) is 0. The zero-order valence-electron chi connectivity index (χ0n) is 11.6. The molecule has 3 rings (SSSR count). The van der Waals surface area contributed by atoms with E-state index >= 15 is 0 Å². The highest BCUT2D eigenvalue weighted by Crippen LogP contribution is 2.42. The van der Waals surface area contributed by atoms with Crippen LogP contribution in [0.2, 0.25) is 0 Å². The highest BCUT2D eigenvalue weighted by Gasteiger charge is 2.41. The fourth-order valence-corrected chi connectivity index (χ4v) is 2.98. The van der Waals surface area contributed by atoms with Crippen molar-refractivity contribution in [1.82, 2.24) is 4.90 Å². The summed E-state index contributed by atoms with van der Waals surface area (Å²) in [5.41, 5.74) is 3.55. The zero-order chi connectivity index (χ0) is 13.9. The van der Waals surface area contributed by atoms with Gasteiger partial charge in [-0.1, -0.05) is 60.7 Å². The highest BCUT2D eigenvalue weighted by atomic mass is 15.2. The van der Waals surface area contributed by atoms with Crippen molar-refractivity contribution in [3.8, 4) is 0 Å². The Hall–Kier alpha value is -2.31. The van der Waals surface area contributed by atoms with E-state index in [0.717, 1.165) is 12.2 Å². The fraction of sp³-hybridized carbons (Fsp3) is 0.222. The molecule has 0 spiro atoms. The molecule has 0 aromatic heterocycles. The molecular weight excluding hydrogens is 244 g/mol. The van der Waals surface area contributed by atoms with Gasteiger partial charge >= 0.3 is 0 Å². The summed E-state index contributed by atoms with van der Waals surface area (Å²) in [6.45, 7) is 3.08. The van der Waals surface area contributed by atoms with Crippen LogP contribution in [0.25, 0.3) is 0 Å². The lowest BCUT2D eigenvalue weighted by molar-refractivity contribution is 0.137. The first kappa shape index (κ1) is 12.7. The summed E-state index contributed by atoms with van der Waals surface area (Å²) in [7, 11) is 0. The maximum Gasteiger partial charge on any atom is 0.0856 e. The minimum atomic E-state index is 0.303. The number of nitrogens with zero attached hydrogens (tertiary/aromatic N) is 1. The molecule has 1 saturated heterocycles. The standard InChI is InChI=1S/C18H18N2/c1-14-18(16-10-6-3-7-11-16)17(12-19)20(14)13-15-8-4-2-5-9-15/h2-11,14,18-19H,13H2,1H3/t14-,18+/m0/s1. The van der Waals surface area contributed by atoms with E-state index in [4.69, 9.17) is 5.41 Å². The molecule has 2 atom stereocenters. The molecule has 1 aliphatic heterocycles. The van der Waals surface area contributed by atoms with Crippen LogP contribution in [0.4, 0.5) is 0 Å². The summed E-state index contributed by atoms with van der Waals surface area (Å²) < 4.78 is 0. The molecule has 0 aliphatic carbocycles. The molecule has 1 heterocycles. The maximum absolute atomic E-state index is 7.60. The molecular formula is C18H18N2. The second-order valence-corrected chi connectivity index (χ2v) is 5.25. The van der Waals surface area contributed by atoms with Crippen LogP contribution >= 0.6 is 0 Å². The third-order valence-corrected chi connectivity index (χ3v) is 4.06. The SMILES string of the molecule is C[C@H]1[C@H](c2ccccc2)C(=C=N)N1Cc1ccccc1. The van der Waals surface area contributed by atoms with Gasteiger partial charge in [0.15, 0.2) is 0 Å². The molecule has 20 heavy (non-hydrogen) atoms. The van der Waals surface area contributed by atoms with Crippen LogP contribution < -0.4 is 0 Å². The van der Waals surface area contributed by atoms with Gasteiger partial charge in [-0.15, -0.1) is 0 Å². The summed E-state index contributed by atoms with van der Waals surface area (Å²) in [6, 6.07) is 21.2. The van der Waals surface area contributed by atoms with Gasteiger partial charge in [-0.2, -0.15) is 0 Å². The predicted molar refractivity (Wildman–Crippen MR) is 81.9 cm³/mol. The van der Waals surface area contributed by atoms with Crippen molar-refractivity contribution in [2.45, 2.75) is 25.4 Å². The van der Waals surface area contributed by atoms with Gasteiger partial charge in [0.25, 0.3) is 0 Å². The van der Waals surface area contributed by atoms with Crippen molar-refractivity contribution in [3.05, 3.63) is 77.5 Å². The maximum atomic E-state index is 7.60. The molecule has 0 unspecified atom stereocenters. The fourth-order valence-electron chi connectivity index (χ4n) is 2.98. The molecule has 2 aromatic rings. The summed E-state index contributed by atoms with van der Waals surface area (Å²) in [5, 5.41) is 7.60. The van der Waals surface area contributed by atoms with Gasteiger partial charge in [-0.25, -0.2) is 0 Å². The molecule has 0 saturated carbocycles. The highest BCUT2D eigenvalue weighted by molar-refractivity contribution is 5.61. The Balaban J connectivity index is 1.81. The second-order valence-electron chi connectivity index (χ2n) is 5.25. The topological polar surface area (TPSA) is 27.1 Å². The van der Waals surface area contributed by atoms with Crippen LogP contribution in [0.1, 0.15) is 24.0 Å². The van der Waals surface area contributed by atoms with Crippen LogP contribution in [0, 0.1) is 5.41 Å².